The van der Waals surface area contributed by atoms with Gasteiger partial charge in [-0.25, -0.2) is 0 Å². The van der Waals surface area contributed by atoms with E-state index in [9.17, 15) is 9.59 Å². The van der Waals surface area contributed by atoms with E-state index in [4.69, 9.17) is 16.3 Å². The van der Waals surface area contributed by atoms with Crippen LogP contribution < -0.4 is 10.1 Å². The van der Waals surface area contributed by atoms with E-state index in [-0.39, 0.29) is 18.4 Å². The highest BCUT2D eigenvalue weighted by Crippen LogP contribution is 2.26. The number of amides is 2. The van der Waals surface area contributed by atoms with Gasteiger partial charge < -0.3 is 15.0 Å². The van der Waals surface area contributed by atoms with Crippen molar-refractivity contribution in [2.75, 3.05) is 7.11 Å². The molecule has 3 aromatic carbocycles. The number of carbonyl (C=O) groups excluding carboxylic acids is 2. The summed E-state index contributed by atoms with van der Waals surface area (Å²) in [4.78, 5) is 28.4. The molecule has 0 radical (unpaired) electrons. The minimum absolute atomic E-state index is 0.0740. The second-order valence-electron chi connectivity index (χ2n) is 7.74. The Morgan fingerprint density at radius 2 is 1.64 bits per heavy atom. The second-order valence-corrected chi connectivity index (χ2v) is 8.15. The highest BCUT2D eigenvalue weighted by Gasteiger charge is 2.31. The highest BCUT2D eigenvalue weighted by atomic mass is 35.5. The third-order valence-corrected chi connectivity index (χ3v) is 5.75. The standard InChI is InChI=1S/C27H29ClN2O3/c1-3-9-25(31)30(19-20-14-16-23(33-2)17-15-20)26(21-10-5-4-6-11-21)27(32)29-18-22-12-7-8-13-24(22)28/h4-8,10-17,26H,3,9,18-19H2,1-2H3,(H,29,32). The molecule has 3 aromatic rings. The predicted molar refractivity (Wildman–Crippen MR) is 131 cm³/mol. The van der Waals surface area contributed by atoms with Crippen LogP contribution in [0.4, 0.5) is 0 Å². The third kappa shape index (κ3) is 6.59. The van der Waals surface area contributed by atoms with Crippen LogP contribution in [0, 0.1) is 0 Å². The van der Waals surface area contributed by atoms with Gasteiger partial charge in [0.25, 0.3) is 0 Å². The maximum Gasteiger partial charge on any atom is 0.247 e. The number of hydrogen-bond acceptors (Lipinski definition) is 3. The van der Waals surface area contributed by atoms with Gasteiger partial charge in [-0.1, -0.05) is 79.2 Å². The van der Waals surface area contributed by atoms with Crippen LogP contribution >= 0.6 is 11.6 Å². The number of benzene rings is 3. The van der Waals surface area contributed by atoms with Crippen molar-refractivity contribution in [1.29, 1.82) is 0 Å². The molecule has 33 heavy (non-hydrogen) atoms. The topological polar surface area (TPSA) is 58.6 Å². The molecule has 5 nitrogen and oxygen atoms in total. The summed E-state index contributed by atoms with van der Waals surface area (Å²) >= 11 is 6.26. The van der Waals surface area contributed by atoms with E-state index in [1.165, 1.54) is 0 Å². The van der Waals surface area contributed by atoms with Gasteiger partial charge in [-0.05, 0) is 41.3 Å². The molecule has 0 saturated carbocycles. The molecular weight excluding hydrogens is 436 g/mol. The number of rotatable bonds is 10. The molecule has 0 bridgehead atoms. The Bertz CT molecular complexity index is 1050. The van der Waals surface area contributed by atoms with E-state index < -0.39 is 6.04 Å². The summed E-state index contributed by atoms with van der Waals surface area (Å²) in [6, 6.07) is 23.5. The van der Waals surface area contributed by atoms with E-state index in [1.54, 1.807) is 18.1 Å². The third-order valence-electron chi connectivity index (χ3n) is 5.38. The average molecular weight is 465 g/mol. The number of hydrogen-bond donors (Lipinski definition) is 1. The van der Waals surface area contributed by atoms with Crippen molar-refractivity contribution < 1.29 is 14.3 Å². The molecule has 0 aliphatic carbocycles. The van der Waals surface area contributed by atoms with Crippen LogP contribution in [0.1, 0.15) is 42.5 Å². The Balaban J connectivity index is 1.92. The minimum Gasteiger partial charge on any atom is -0.497 e. The molecule has 0 heterocycles. The van der Waals surface area contributed by atoms with Gasteiger partial charge in [-0.3, -0.25) is 9.59 Å². The molecule has 6 heteroatoms. The maximum atomic E-state index is 13.5. The maximum absolute atomic E-state index is 13.5. The monoisotopic (exact) mass is 464 g/mol. The van der Waals surface area contributed by atoms with E-state index in [0.717, 1.165) is 22.4 Å². The number of nitrogens with zero attached hydrogens (tertiary/aromatic N) is 1. The van der Waals surface area contributed by atoms with Gasteiger partial charge in [0.15, 0.2) is 0 Å². The van der Waals surface area contributed by atoms with Crippen molar-refractivity contribution in [2.45, 2.75) is 38.9 Å². The first-order valence-corrected chi connectivity index (χ1v) is 11.4. The molecular formula is C27H29ClN2O3. The van der Waals surface area contributed by atoms with Crippen molar-refractivity contribution >= 4 is 23.4 Å². The van der Waals surface area contributed by atoms with Gasteiger partial charge in [0.2, 0.25) is 11.8 Å². The molecule has 1 atom stereocenters. The Labute approximate surface area is 200 Å². The number of nitrogens with one attached hydrogen (secondary N) is 1. The Morgan fingerprint density at radius 3 is 2.27 bits per heavy atom. The summed E-state index contributed by atoms with van der Waals surface area (Å²) in [5.74, 6) is 0.413. The van der Waals surface area contributed by atoms with E-state index in [1.807, 2.05) is 79.7 Å². The molecule has 0 fully saturated rings. The van der Waals surface area contributed by atoms with Gasteiger partial charge in [0.1, 0.15) is 11.8 Å². The molecule has 2 amide bonds. The van der Waals surface area contributed by atoms with Crippen molar-refractivity contribution in [3.05, 3.63) is 101 Å². The smallest absolute Gasteiger partial charge is 0.247 e. The lowest BCUT2D eigenvalue weighted by molar-refractivity contribution is -0.141. The first kappa shape index (κ1) is 24.3. The van der Waals surface area contributed by atoms with Gasteiger partial charge in [0.05, 0.1) is 7.11 Å². The first-order valence-electron chi connectivity index (χ1n) is 11.0. The molecule has 0 aromatic heterocycles. The molecule has 0 aliphatic heterocycles. The number of halogens is 1. The fraction of sp³-hybridized carbons (Fsp3) is 0.259. The zero-order valence-electron chi connectivity index (χ0n) is 19.0. The fourth-order valence-corrected chi connectivity index (χ4v) is 3.84. The van der Waals surface area contributed by atoms with Crippen LogP contribution in [0.3, 0.4) is 0 Å². The van der Waals surface area contributed by atoms with E-state index >= 15 is 0 Å². The molecule has 1 unspecified atom stereocenters. The van der Waals surface area contributed by atoms with Crippen LogP contribution in [0.15, 0.2) is 78.9 Å². The Hall–Kier alpha value is -3.31. The Morgan fingerprint density at radius 1 is 0.970 bits per heavy atom. The lowest BCUT2D eigenvalue weighted by Gasteiger charge is -2.32. The lowest BCUT2D eigenvalue weighted by atomic mass is 10.0. The molecule has 0 saturated heterocycles. The van der Waals surface area contributed by atoms with Gasteiger partial charge in [-0.15, -0.1) is 0 Å². The van der Waals surface area contributed by atoms with Crippen molar-refractivity contribution in [3.8, 4) is 5.75 Å². The average Bonchev–Trinajstić information content (AvgIpc) is 2.84. The number of ether oxygens (including phenoxy) is 1. The SMILES string of the molecule is CCCC(=O)N(Cc1ccc(OC)cc1)C(C(=O)NCc1ccccc1Cl)c1ccccc1. The van der Waals surface area contributed by atoms with Crippen LogP contribution in [-0.4, -0.2) is 23.8 Å². The Kier molecular flexibility index (Phi) is 8.90. The summed E-state index contributed by atoms with van der Waals surface area (Å²) < 4.78 is 5.24. The van der Waals surface area contributed by atoms with Crippen LogP contribution in [0.25, 0.3) is 0 Å². The summed E-state index contributed by atoms with van der Waals surface area (Å²) in [6.07, 6.45) is 1.05. The first-order chi connectivity index (χ1) is 16.0. The largest absolute Gasteiger partial charge is 0.497 e. The predicted octanol–water partition coefficient (Wildman–Crippen LogP) is 5.54. The molecule has 1 N–H and O–H groups in total. The van der Waals surface area contributed by atoms with Crippen molar-refractivity contribution in [1.82, 2.24) is 10.2 Å². The summed E-state index contributed by atoms with van der Waals surface area (Å²) in [5, 5.41) is 3.57. The molecule has 0 spiro atoms. The van der Waals surface area contributed by atoms with Crippen LogP contribution in [0.2, 0.25) is 5.02 Å². The van der Waals surface area contributed by atoms with Gasteiger partial charge >= 0.3 is 0 Å². The fourth-order valence-electron chi connectivity index (χ4n) is 3.64. The van der Waals surface area contributed by atoms with Crippen LogP contribution in [0.5, 0.6) is 5.75 Å². The van der Waals surface area contributed by atoms with Crippen molar-refractivity contribution in [2.24, 2.45) is 0 Å². The second kappa shape index (κ2) is 12.1. The van der Waals surface area contributed by atoms with Crippen LogP contribution in [-0.2, 0) is 22.7 Å². The summed E-state index contributed by atoms with van der Waals surface area (Å²) in [6.45, 7) is 2.54. The summed E-state index contributed by atoms with van der Waals surface area (Å²) in [7, 11) is 1.61. The quantitative estimate of drug-likeness (QED) is 0.429. The molecule has 172 valence electrons. The van der Waals surface area contributed by atoms with E-state index in [2.05, 4.69) is 5.32 Å². The normalized spacial score (nSPS) is 11.5. The number of carbonyl (C=O) groups is 2. The zero-order valence-corrected chi connectivity index (χ0v) is 19.7. The van der Waals surface area contributed by atoms with Gasteiger partial charge in [0, 0.05) is 24.5 Å². The van der Waals surface area contributed by atoms with Gasteiger partial charge in [-0.2, -0.15) is 0 Å². The highest BCUT2D eigenvalue weighted by molar-refractivity contribution is 6.31. The number of methoxy groups -OCH3 is 1. The summed E-state index contributed by atoms with van der Waals surface area (Å²) in [5.41, 5.74) is 2.49. The minimum atomic E-state index is -0.769. The van der Waals surface area contributed by atoms with Crippen molar-refractivity contribution in [3.63, 3.8) is 0 Å². The molecule has 3 rings (SSSR count). The molecule has 0 aliphatic rings. The zero-order chi connectivity index (χ0) is 23.6. The van der Waals surface area contributed by atoms with E-state index in [0.29, 0.717) is 24.4 Å². The lowest BCUT2D eigenvalue weighted by Crippen LogP contribution is -2.43.